The lowest BCUT2D eigenvalue weighted by atomic mass is 10.0. The minimum absolute atomic E-state index is 0.182. The Bertz CT molecular complexity index is 1700. The number of amides is 1. The number of hydrogen-bond acceptors (Lipinski definition) is 3. The summed E-state index contributed by atoms with van der Waals surface area (Å²) in [4.78, 5) is 26.6. The van der Waals surface area contributed by atoms with Gasteiger partial charge in [-0.3, -0.25) is 4.79 Å². The normalized spacial score (nSPS) is 17.9. The fourth-order valence-corrected chi connectivity index (χ4v) is 5.67. The summed E-state index contributed by atoms with van der Waals surface area (Å²) in [5.74, 6) is 1.27. The highest BCUT2D eigenvalue weighted by Gasteiger charge is 2.37. The zero-order valence-corrected chi connectivity index (χ0v) is 21.1. The molecule has 0 bridgehead atoms. The Morgan fingerprint density at radius 1 is 0.923 bits per heavy atom. The summed E-state index contributed by atoms with van der Waals surface area (Å²) < 4.78 is 42.4. The molecule has 0 unspecified atom stereocenters. The number of nitrogens with zero attached hydrogens (tertiary/aromatic N) is 4. The Labute approximate surface area is 222 Å². The van der Waals surface area contributed by atoms with Crippen LogP contribution in [0.2, 0.25) is 0 Å². The number of rotatable bonds is 5. The molecule has 1 saturated heterocycles. The summed E-state index contributed by atoms with van der Waals surface area (Å²) in [6.07, 6.45) is 0.0444. The smallest absolute Gasteiger partial charge is 0.345 e. The number of H-pyrrole nitrogens is 1. The minimum atomic E-state index is -4.44. The molecule has 1 amide bonds. The van der Waals surface area contributed by atoms with Crippen molar-refractivity contribution >= 4 is 28.0 Å². The molecule has 1 saturated carbocycles. The van der Waals surface area contributed by atoms with Crippen molar-refractivity contribution in [2.75, 3.05) is 13.1 Å². The highest BCUT2D eigenvalue weighted by molar-refractivity contribution is 5.84. The van der Waals surface area contributed by atoms with Gasteiger partial charge < -0.3 is 14.5 Å². The lowest BCUT2D eigenvalue weighted by Crippen LogP contribution is -2.30. The zero-order chi connectivity index (χ0) is 26.7. The first-order valence-electron chi connectivity index (χ1n) is 13.2. The molecule has 6 nitrogen and oxygen atoms in total. The van der Waals surface area contributed by atoms with Gasteiger partial charge in [0.2, 0.25) is 5.91 Å². The monoisotopic (exact) mass is 529 g/mol. The molecular formula is C30H26F3N5O. The Morgan fingerprint density at radius 3 is 2.46 bits per heavy atom. The number of nitrogens with one attached hydrogen (secondary N) is 1. The SMILES string of the molecule is O=C(C1CC1)N1CC[C@@H](Cn2c(-c3ccc(-c4ccc5nc[nH]c5c4)cc3)nc3cc(C(F)(F)F)ccc32)C1. The van der Waals surface area contributed by atoms with Crippen LogP contribution in [0, 0.1) is 11.8 Å². The van der Waals surface area contributed by atoms with E-state index >= 15 is 0 Å². The van der Waals surface area contributed by atoms with E-state index in [0.29, 0.717) is 29.9 Å². The fraction of sp³-hybridized carbons (Fsp3) is 0.300. The number of likely N-dealkylation sites (tertiary alicyclic amines) is 1. The van der Waals surface area contributed by atoms with Crippen molar-refractivity contribution < 1.29 is 18.0 Å². The lowest BCUT2D eigenvalue weighted by molar-refractivity contribution is -0.137. The number of imidazole rings is 2. The van der Waals surface area contributed by atoms with E-state index in [9.17, 15) is 18.0 Å². The third-order valence-corrected chi connectivity index (χ3v) is 7.94. The Morgan fingerprint density at radius 2 is 1.69 bits per heavy atom. The Balaban J connectivity index is 1.24. The van der Waals surface area contributed by atoms with E-state index in [-0.39, 0.29) is 17.7 Å². The van der Waals surface area contributed by atoms with Gasteiger partial charge in [-0.15, -0.1) is 0 Å². The van der Waals surface area contributed by atoms with Gasteiger partial charge in [0.25, 0.3) is 0 Å². The van der Waals surface area contributed by atoms with Gasteiger partial charge in [-0.2, -0.15) is 13.2 Å². The molecule has 2 aromatic heterocycles. The Hall–Kier alpha value is -4.14. The second-order valence-corrected chi connectivity index (χ2v) is 10.7. The molecule has 7 rings (SSSR count). The number of carbonyl (C=O) groups excluding carboxylic acids is 1. The molecule has 198 valence electrons. The number of aromatic nitrogens is 4. The largest absolute Gasteiger partial charge is 0.416 e. The van der Waals surface area contributed by atoms with E-state index in [1.807, 2.05) is 51.9 Å². The van der Waals surface area contributed by atoms with Gasteiger partial charge in [0.05, 0.1) is 34.0 Å². The van der Waals surface area contributed by atoms with Crippen molar-refractivity contribution in [2.45, 2.75) is 32.0 Å². The average Bonchev–Trinajstić information content (AvgIpc) is 3.33. The molecule has 1 N–H and O–H groups in total. The number of hydrogen-bond donors (Lipinski definition) is 1. The van der Waals surface area contributed by atoms with Gasteiger partial charge in [-0.1, -0.05) is 30.3 Å². The minimum Gasteiger partial charge on any atom is -0.345 e. The van der Waals surface area contributed by atoms with Crippen molar-refractivity contribution in [1.82, 2.24) is 24.4 Å². The van der Waals surface area contributed by atoms with Gasteiger partial charge in [-0.05, 0) is 66.6 Å². The van der Waals surface area contributed by atoms with Crippen LogP contribution in [0.5, 0.6) is 0 Å². The molecule has 0 spiro atoms. The molecule has 2 aliphatic rings. The predicted molar refractivity (Wildman–Crippen MR) is 143 cm³/mol. The van der Waals surface area contributed by atoms with Gasteiger partial charge in [-0.25, -0.2) is 9.97 Å². The van der Waals surface area contributed by atoms with Crippen molar-refractivity contribution in [1.29, 1.82) is 0 Å². The molecular weight excluding hydrogens is 503 g/mol. The van der Waals surface area contributed by atoms with Gasteiger partial charge in [0, 0.05) is 31.1 Å². The van der Waals surface area contributed by atoms with Gasteiger partial charge in [0.15, 0.2) is 0 Å². The number of alkyl halides is 3. The predicted octanol–water partition coefficient (Wildman–Crippen LogP) is 6.52. The average molecular weight is 530 g/mol. The van der Waals surface area contributed by atoms with E-state index in [0.717, 1.165) is 65.7 Å². The first-order valence-corrected chi connectivity index (χ1v) is 13.2. The fourth-order valence-electron chi connectivity index (χ4n) is 5.67. The molecule has 3 aromatic carbocycles. The lowest BCUT2D eigenvalue weighted by Gasteiger charge is -2.18. The van der Waals surface area contributed by atoms with E-state index in [1.54, 1.807) is 6.33 Å². The summed E-state index contributed by atoms with van der Waals surface area (Å²) in [7, 11) is 0. The maximum absolute atomic E-state index is 13.5. The van der Waals surface area contributed by atoms with Gasteiger partial charge >= 0.3 is 6.18 Å². The van der Waals surface area contributed by atoms with Crippen LogP contribution in [-0.2, 0) is 17.5 Å². The molecule has 1 aliphatic heterocycles. The summed E-state index contributed by atoms with van der Waals surface area (Å²) in [5.41, 5.74) is 5.00. The first kappa shape index (κ1) is 23.9. The van der Waals surface area contributed by atoms with E-state index in [4.69, 9.17) is 4.98 Å². The third-order valence-electron chi connectivity index (χ3n) is 7.94. The van der Waals surface area contributed by atoms with Crippen LogP contribution in [0.25, 0.3) is 44.6 Å². The number of aromatic amines is 1. The van der Waals surface area contributed by atoms with E-state index < -0.39 is 11.7 Å². The Kier molecular flexibility index (Phi) is 5.50. The summed E-state index contributed by atoms with van der Waals surface area (Å²) in [6, 6.07) is 17.7. The first-order chi connectivity index (χ1) is 18.8. The number of carbonyl (C=O) groups is 1. The molecule has 2 fully saturated rings. The maximum Gasteiger partial charge on any atom is 0.416 e. The molecule has 39 heavy (non-hydrogen) atoms. The summed E-state index contributed by atoms with van der Waals surface area (Å²) in [5, 5.41) is 0. The molecule has 3 heterocycles. The van der Waals surface area contributed by atoms with E-state index in [1.165, 1.54) is 6.07 Å². The molecule has 9 heteroatoms. The molecule has 1 atom stereocenters. The second kappa shape index (κ2) is 8.97. The van der Waals surface area contributed by atoms with Crippen molar-refractivity contribution in [3.05, 3.63) is 72.6 Å². The third kappa shape index (κ3) is 4.45. The van der Waals surface area contributed by atoms with Crippen molar-refractivity contribution in [3.8, 4) is 22.5 Å². The summed E-state index contributed by atoms with van der Waals surface area (Å²) >= 11 is 0. The van der Waals surface area contributed by atoms with Crippen LogP contribution in [-0.4, -0.2) is 43.4 Å². The standard InChI is InChI=1S/C30H26F3N5O/c31-30(32,33)23-8-10-27-26(14-23)36-28(38(27)16-18-11-12-37(15-18)29(39)21-5-6-21)20-3-1-19(2-4-20)22-7-9-24-25(13-22)35-17-34-24/h1-4,7-10,13-14,17-18,21H,5-6,11-12,15-16H2,(H,34,35)/t18-/m1/s1. The maximum atomic E-state index is 13.5. The quantitative estimate of drug-likeness (QED) is 0.282. The highest BCUT2D eigenvalue weighted by atomic mass is 19.4. The number of fused-ring (bicyclic) bond motifs is 2. The van der Waals surface area contributed by atoms with Crippen LogP contribution in [0.4, 0.5) is 13.2 Å². The summed E-state index contributed by atoms with van der Waals surface area (Å²) in [6.45, 7) is 1.99. The topological polar surface area (TPSA) is 66.8 Å². The second-order valence-electron chi connectivity index (χ2n) is 10.7. The zero-order valence-electron chi connectivity index (χ0n) is 21.1. The van der Waals surface area contributed by atoms with Crippen molar-refractivity contribution in [2.24, 2.45) is 11.8 Å². The molecule has 1 aliphatic carbocycles. The van der Waals surface area contributed by atoms with Crippen LogP contribution in [0.3, 0.4) is 0 Å². The van der Waals surface area contributed by atoms with Crippen LogP contribution >= 0.6 is 0 Å². The van der Waals surface area contributed by atoms with Crippen LogP contribution in [0.1, 0.15) is 24.8 Å². The van der Waals surface area contributed by atoms with Gasteiger partial charge in [0.1, 0.15) is 5.82 Å². The van der Waals surface area contributed by atoms with E-state index in [2.05, 4.69) is 9.97 Å². The van der Waals surface area contributed by atoms with Crippen LogP contribution in [0.15, 0.2) is 67.0 Å². The molecule has 5 aromatic rings. The van der Waals surface area contributed by atoms with Crippen molar-refractivity contribution in [3.63, 3.8) is 0 Å². The number of benzene rings is 3. The molecule has 0 radical (unpaired) electrons. The highest BCUT2D eigenvalue weighted by Crippen LogP contribution is 2.36. The van der Waals surface area contributed by atoms with Crippen LogP contribution < -0.4 is 0 Å². The number of halogens is 3.